The van der Waals surface area contributed by atoms with Gasteiger partial charge in [-0.05, 0) is 37.3 Å². The van der Waals surface area contributed by atoms with Gasteiger partial charge in [-0.2, -0.15) is 0 Å². The first-order chi connectivity index (χ1) is 18.4. The maximum atomic E-state index is 10.5. The van der Waals surface area contributed by atoms with E-state index < -0.39 is 5.43 Å². The molecule has 201 valence electrons. The SMILES string of the molecule is COc1ccnc(-c2cc(OC)ccn2)c1.Cc1occc(=O)c1O.[CH2-][n+]1ccccc1-c1ccccn1.[Ru+]. The fraction of sp³-hybridized carbons (Fsp3) is 0.103. The molecule has 9 nitrogen and oxygen atoms in total. The van der Waals surface area contributed by atoms with E-state index >= 15 is 0 Å². The van der Waals surface area contributed by atoms with Gasteiger partial charge in [-0.25, -0.2) is 0 Å². The van der Waals surface area contributed by atoms with E-state index in [1.54, 1.807) is 44.9 Å². The van der Waals surface area contributed by atoms with Crippen molar-refractivity contribution in [3.05, 3.63) is 121 Å². The minimum absolute atomic E-state index is 0. The van der Waals surface area contributed by atoms with Crippen LogP contribution >= 0.6 is 0 Å². The van der Waals surface area contributed by atoms with Gasteiger partial charge in [0.1, 0.15) is 23.0 Å². The van der Waals surface area contributed by atoms with Crippen LogP contribution in [0.2, 0.25) is 0 Å². The van der Waals surface area contributed by atoms with Gasteiger partial charge in [-0.3, -0.25) is 19.7 Å². The molecule has 5 aromatic rings. The van der Waals surface area contributed by atoms with Crippen molar-refractivity contribution in [3.8, 4) is 40.0 Å². The number of aromatic hydroxyl groups is 1. The molecule has 0 saturated heterocycles. The van der Waals surface area contributed by atoms with Crippen molar-refractivity contribution in [2.24, 2.45) is 0 Å². The van der Waals surface area contributed by atoms with Crippen LogP contribution in [-0.4, -0.2) is 34.3 Å². The summed E-state index contributed by atoms with van der Waals surface area (Å²) in [5.41, 5.74) is 3.08. The van der Waals surface area contributed by atoms with Crippen LogP contribution in [0.4, 0.5) is 0 Å². The second kappa shape index (κ2) is 15.6. The molecule has 0 atom stereocenters. The molecule has 0 spiro atoms. The maximum absolute atomic E-state index is 10.5. The number of hydrogen-bond acceptors (Lipinski definition) is 8. The second-order valence-electron chi connectivity index (χ2n) is 7.62. The summed E-state index contributed by atoms with van der Waals surface area (Å²) in [4.78, 5) is 23.2. The van der Waals surface area contributed by atoms with Gasteiger partial charge >= 0.3 is 19.5 Å². The van der Waals surface area contributed by atoms with Gasteiger partial charge in [0, 0.05) is 43.8 Å². The Morgan fingerprint density at radius 3 is 1.90 bits per heavy atom. The minimum Gasteiger partial charge on any atom is -0.502 e. The van der Waals surface area contributed by atoms with Crippen LogP contribution in [0.5, 0.6) is 17.2 Å². The van der Waals surface area contributed by atoms with Crippen molar-refractivity contribution in [3.63, 3.8) is 0 Å². The maximum Gasteiger partial charge on any atom is 1.00 e. The molecule has 0 saturated carbocycles. The zero-order valence-corrected chi connectivity index (χ0v) is 23.4. The van der Waals surface area contributed by atoms with Crippen LogP contribution < -0.4 is 19.5 Å². The number of hydrogen-bond donors (Lipinski definition) is 1. The zero-order valence-electron chi connectivity index (χ0n) is 21.7. The van der Waals surface area contributed by atoms with Crippen molar-refractivity contribution in [2.75, 3.05) is 14.2 Å². The summed E-state index contributed by atoms with van der Waals surface area (Å²) in [5, 5.41) is 8.80. The standard InChI is InChI=1S/C12H12N2O2.C11H10N2.C6H6O3.Ru/c1-15-9-3-5-13-11(7-9)12-8-10(16-2)4-6-14-12;1-13-9-5-3-7-11(13)10-6-2-4-8-12-10;1-4-6(8)5(7)2-3-9-4;/h3-8H,1-2H3;2-9H,1H2;2-3,8H,1H3;/q;;;+1. The first-order valence-electron chi connectivity index (χ1n) is 11.4. The average Bonchev–Trinajstić information content (AvgIpc) is 2.97. The molecule has 0 aliphatic rings. The molecule has 0 aliphatic heterocycles. The van der Waals surface area contributed by atoms with E-state index in [1.807, 2.05) is 59.3 Å². The number of rotatable bonds is 4. The molecule has 0 bridgehead atoms. The summed E-state index contributed by atoms with van der Waals surface area (Å²) < 4.78 is 16.8. The van der Waals surface area contributed by atoms with Crippen molar-refractivity contribution in [1.29, 1.82) is 0 Å². The first kappa shape index (κ1) is 30.7. The number of aromatic nitrogens is 4. The summed E-state index contributed by atoms with van der Waals surface area (Å²) in [6, 6.07) is 20.2. The van der Waals surface area contributed by atoms with Crippen molar-refractivity contribution in [2.45, 2.75) is 6.92 Å². The van der Waals surface area contributed by atoms with Gasteiger partial charge in [0.2, 0.25) is 11.2 Å². The predicted octanol–water partition coefficient (Wildman–Crippen LogP) is 4.49. The molecule has 0 amide bonds. The Balaban J connectivity index is 0.000000210. The molecular weight excluding hydrogens is 585 g/mol. The summed E-state index contributed by atoms with van der Waals surface area (Å²) in [6.45, 7) is 1.52. The molecule has 39 heavy (non-hydrogen) atoms. The Morgan fingerprint density at radius 2 is 1.41 bits per heavy atom. The molecule has 1 radical (unpaired) electrons. The van der Waals surface area contributed by atoms with Crippen molar-refractivity contribution >= 4 is 0 Å². The average molecular weight is 614 g/mol. The molecule has 0 fully saturated rings. The van der Waals surface area contributed by atoms with Crippen LogP contribution in [0.1, 0.15) is 5.76 Å². The fourth-order valence-corrected chi connectivity index (χ4v) is 3.09. The molecule has 10 heteroatoms. The Morgan fingerprint density at radius 1 is 0.821 bits per heavy atom. The summed E-state index contributed by atoms with van der Waals surface area (Å²) in [5.74, 6) is 1.46. The van der Waals surface area contributed by atoms with Gasteiger partial charge in [0.05, 0.1) is 43.8 Å². The summed E-state index contributed by atoms with van der Waals surface area (Å²) in [6.07, 6.45) is 8.31. The van der Waals surface area contributed by atoms with E-state index in [0.717, 1.165) is 34.3 Å². The van der Waals surface area contributed by atoms with E-state index in [1.165, 1.54) is 19.3 Å². The van der Waals surface area contributed by atoms with Crippen LogP contribution in [0.3, 0.4) is 0 Å². The van der Waals surface area contributed by atoms with Crippen molar-refractivity contribution < 1.29 is 43.0 Å². The molecule has 0 unspecified atom stereocenters. The van der Waals surface area contributed by atoms with E-state index in [-0.39, 0.29) is 31.0 Å². The number of nitrogens with zero attached hydrogens (tertiary/aromatic N) is 4. The molecular formula is C29H28N4O5Ru+. The van der Waals surface area contributed by atoms with Gasteiger partial charge in [-0.1, -0.05) is 18.2 Å². The second-order valence-corrected chi connectivity index (χ2v) is 7.62. The Bertz CT molecular complexity index is 1470. The largest absolute Gasteiger partial charge is 1.00 e. The Labute approximate surface area is 239 Å². The van der Waals surface area contributed by atoms with E-state index in [4.69, 9.17) is 14.6 Å². The smallest absolute Gasteiger partial charge is 0.502 e. The fourth-order valence-electron chi connectivity index (χ4n) is 3.09. The molecule has 0 aromatic carbocycles. The molecule has 5 rings (SSSR count). The normalized spacial score (nSPS) is 9.51. The van der Waals surface area contributed by atoms with Gasteiger partial charge in [0.25, 0.3) is 0 Å². The van der Waals surface area contributed by atoms with E-state index in [2.05, 4.69) is 26.4 Å². The first-order valence-corrected chi connectivity index (χ1v) is 11.4. The topological polar surface area (TPSA) is 111 Å². The predicted molar refractivity (Wildman–Crippen MR) is 143 cm³/mol. The summed E-state index contributed by atoms with van der Waals surface area (Å²) in [7, 11) is 7.12. The third-order valence-corrected chi connectivity index (χ3v) is 5.10. The molecule has 5 heterocycles. The van der Waals surface area contributed by atoms with Gasteiger partial charge < -0.3 is 23.6 Å². The Kier molecular flexibility index (Phi) is 12.3. The van der Waals surface area contributed by atoms with E-state index in [0.29, 0.717) is 0 Å². The van der Waals surface area contributed by atoms with Crippen LogP contribution in [0.25, 0.3) is 22.8 Å². The van der Waals surface area contributed by atoms with Crippen LogP contribution in [0.15, 0.2) is 107 Å². The number of pyridine rings is 4. The third-order valence-electron chi connectivity index (χ3n) is 5.10. The number of aryl methyl sites for hydroxylation is 1. The number of methoxy groups -OCH3 is 2. The van der Waals surface area contributed by atoms with Gasteiger partial charge in [-0.15, -0.1) is 0 Å². The molecule has 5 aromatic heterocycles. The molecule has 0 aliphatic carbocycles. The quantitative estimate of drug-likeness (QED) is 0.179. The third kappa shape index (κ3) is 9.05. The van der Waals surface area contributed by atoms with Crippen LogP contribution in [-0.2, 0) is 19.5 Å². The number of ether oxygens (including phenoxy) is 2. The van der Waals surface area contributed by atoms with Gasteiger partial charge in [0.15, 0.2) is 0 Å². The Hall–Kier alpha value is -4.56. The monoisotopic (exact) mass is 614 g/mol. The van der Waals surface area contributed by atoms with Crippen molar-refractivity contribution in [1.82, 2.24) is 15.0 Å². The van der Waals surface area contributed by atoms with Crippen LogP contribution in [0, 0.1) is 14.0 Å². The summed E-state index contributed by atoms with van der Waals surface area (Å²) >= 11 is 0. The minimum atomic E-state index is -0.404. The molecule has 1 N–H and O–H groups in total. The van der Waals surface area contributed by atoms with E-state index in [9.17, 15) is 4.79 Å². The zero-order chi connectivity index (χ0) is 27.3.